The van der Waals surface area contributed by atoms with Crippen LogP contribution in [0.1, 0.15) is 39.6 Å². The molecule has 39 heavy (non-hydrogen) atoms. The lowest BCUT2D eigenvalue weighted by atomic mass is 9.93. The van der Waals surface area contributed by atoms with Gasteiger partial charge in [-0.05, 0) is 61.9 Å². The highest BCUT2D eigenvalue weighted by Crippen LogP contribution is 2.41. The van der Waals surface area contributed by atoms with Crippen molar-refractivity contribution in [1.82, 2.24) is 9.97 Å². The molecule has 1 N–H and O–H groups in total. The van der Waals surface area contributed by atoms with Crippen molar-refractivity contribution >= 4 is 23.4 Å². The summed E-state index contributed by atoms with van der Waals surface area (Å²) in [6.07, 6.45) is 0.516. The molecule has 1 aliphatic heterocycles. The average molecular weight is 545 g/mol. The van der Waals surface area contributed by atoms with Crippen molar-refractivity contribution in [2.24, 2.45) is 0 Å². The van der Waals surface area contributed by atoms with E-state index in [2.05, 4.69) is 9.97 Å². The number of hydrogen-bond donors (Lipinski definition) is 1. The normalized spacial score (nSPS) is 14.2. The van der Waals surface area contributed by atoms with Crippen LogP contribution in [0.2, 0.25) is 5.02 Å². The summed E-state index contributed by atoms with van der Waals surface area (Å²) in [7, 11) is 1.57. The van der Waals surface area contributed by atoms with Gasteiger partial charge in [0.05, 0.1) is 42.5 Å². The molecular weight excluding hydrogens is 520 g/mol. The van der Waals surface area contributed by atoms with E-state index in [0.717, 1.165) is 17.0 Å². The highest BCUT2D eigenvalue weighted by Gasteiger charge is 2.29. The molecule has 2 aromatic carbocycles. The molecule has 1 aliphatic rings. The van der Waals surface area contributed by atoms with Crippen molar-refractivity contribution in [1.29, 1.82) is 0 Å². The molecule has 0 radical (unpaired) electrons. The standard InChI is InChI=1S/C30H25ClN2O6/c1-17-21(10-11-29(32-17)37-2)25-5-3-4-19(33-25)14-26(34)18-6-8-20(9-7-18)39-28-16-27-23(15-24(28)31)22(30(35)36)12-13-38-27/h3-11,15-16,22H,12-14H2,1-2H3,(H,35,36). The molecule has 0 bridgehead atoms. The van der Waals surface area contributed by atoms with Gasteiger partial charge in [0.2, 0.25) is 5.88 Å². The Morgan fingerprint density at radius 3 is 2.59 bits per heavy atom. The van der Waals surface area contributed by atoms with Crippen LogP contribution in [0.3, 0.4) is 0 Å². The minimum absolute atomic E-state index is 0.0873. The second kappa shape index (κ2) is 11.1. The van der Waals surface area contributed by atoms with Crippen LogP contribution in [-0.2, 0) is 11.2 Å². The number of pyridine rings is 2. The van der Waals surface area contributed by atoms with Gasteiger partial charge in [-0.3, -0.25) is 14.6 Å². The molecule has 0 aliphatic carbocycles. The highest BCUT2D eigenvalue weighted by molar-refractivity contribution is 6.32. The van der Waals surface area contributed by atoms with Gasteiger partial charge in [0, 0.05) is 34.5 Å². The molecule has 0 amide bonds. The Labute approximate surface area is 230 Å². The zero-order chi connectivity index (χ0) is 27.5. The smallest absolute Gasteiger partial charge is 0.311 e. The maximum absolute atomic E-state index is 13.0. The number of aromatic nitrogens is 2. The maximum Gasteiger partial charge on any atom is 0.311 e. The van der Waals surface area contributed by atoms with Crippen LogP contribution in [0.25, 0.3) is 11.3 Å². The Bertz CT molecular complexity index is 1550. The first-order valence-electron chi connectivity index (χ1n) is 12.3. The van der Waals surface area contributed by atoms with Crippen molar-refractivity contribution in [3.8, 4) is 34.4 Å². The largest absolute Gasteiger partial charge is 0.493 e. The van der Waals surface area contributed by atoms with Crippen molar-refractivity contribution in [3.63, 3.8) is 0 Å². The van der Waals surface area contributed by atoms with Gasteiger partial charge < -0.3 is 19.3 Å². The summed E-state index contributed by atoms with van der Waals surface area (Å²) in [5, 5.41) is 9.75. The van der Waals surface area contributed by atoms with Gasteiger partial charge in [-0.1, -0.05) is 17.7 Å². The number of Topliss-reactive ketones (excluding diaryl/α,β-unsaturated/α-hetero) is 1. The SMILES string of the molecule is COc1ccc(-c2cccc(CC(=O)c3ccc(Oc4cc5c(cc4Cl)C(C(=O)O)CCO5)cc3)n2)c(C)n1. The van der Waals surface area contributed by atoms with E-state index in [0.29, 0.717) is 53.0 Å². The molecule has 0 saturated carbocycles. The molecule has 1 unspecified atom stereocenters. The van der Waals surface area contributed by atoms with Crippen molar-refractivity contribution in [2.75, 3.05) is 13.7 Å². The van der Waals surface area contributed by atoms with E-state index < -0.39 is 11.9 Å². The van der Waals surface area contributed by atoms with E-state index in [9.17, 15) is 14.7 Å². The molecule has 9 heteroatoms. The summed E-state index contributed by atoms with van der Waals surface area (Å²) in [5.41, 5.74) is 4.08. The maximum atomic E-state index is 13.0. The number of halogens is 1. The molecule has 0 spiro atoms. The molecule has 3 heterocycles. The van der Waals surface area contributed by atoms with Gasteiger partial charge in [0.15, 0.2) is 5.78 Å². The molecule has 2 aromatic heterocycles. The van der Waals surface area contributed by atoms with E-state index in [-0.39, 0.29) is 17.2 Å². The number of benzene rings is 2. The second-order valence-electron chi connectivity index (χ2n) is 9.08. The number of nitrogens with zero attached hydrogens (tertiary/aromatic N) is 2. The summed E-state index contributed by atoms with van der Waals surface area (Å²) >= 11 is 6.39. The van der Waals surface area contributed by atoms with Crippen LogP contribution in [0.4, 0.5) is 0 Å². The quantitative estimate of drug-likeness (QED) is 0.258. The van der Waals surface area contributed by atoms with Gasteiger partial charge in [-0.15, -0.1) is 0 Å². The number of aliphatic carboxylic acids is 1. The van der Waals surface area contributed by atoms with Gasteiger partial charge in [0.1, 0.15) is 17.2 Å². The van der Waals surface area contributed by atoms with Crippen LogP contribution in [0, 0.1) is 6.92 Å². The number of ketones is 1. The van der Waals surface area contributed by atoms with Crippen LogP contribution in [0.5, 0.6) is 23.1 Å². The van der Waals surface area contributed by atoms with Crippen molar-refractivity contribution in [2.45, 2.75) is 25.7 Å². The number of carbonyl (C=O) groups excluding carboxylic acids is 1. The Hall–Kier alpha value is -4.43. The number of carboxylic acids is 1. The molecule has 5 rings (SSSR count). The second-order valence-corrected chi connectivity index (χ2v) is 9.48. The Morgan fingerprint density at radius 1 is 1.08 bits per heavy atom. The first kappa shape index (κ1) is 26.2. The fraction of sp³-hybridized carbons (Fsp3) is 0.200. The van der Waals surface area contributed by atoms with E-state index in [4.69, 9.17) is 25.8 Å². The van der Waals surface area contributed by atoms with E-state index in [1.165, 1.54) is 0 Å². The van der Waals surface area contributed by atoms with Gasteiger partial charge in [0.25, 0.3) is 0 Å². The van der Waals surface area contributed by atoms with Crippen LogP contribution in [-0.4, -0.2) is 40.5 Å². The molecule has 8 nitrogen and oxygen atoms in total. The first-order chi connectivity index (χ1) is 18.8. The average Bonchev–Trinajstić information content (AvgIpc) is 2.93. The first-order valence-corrected chi connectivity index (χ1v) is 12.7. The fourth-order valence-corrected chi connectivity index (χ4v) is 4.69. The van der Waals surface area contributed by atoms with E-state index in [1.807, 2.05) is 31.2 Å². The number of ether oxygens (including phenoxy) is 3. The van der Waals surface area contributed by atoms with Crippen molar-refractivity contribution < 1.29 is 28.9 Å². The third kappa shape index (κ3) is 5.71. The number of rotatable bonds is 8. The van der Waals surface area contributed by atoms with Crippen LogP contribution >= 0.6 is 11.6 Å². The monoisotopic (exact) mass is 544 g/mol. The number of aryl methyl sites for hydroxylation is 1. The lowest BCUT2D eigenvalue weighted by Crippen LogP contribution is -2.20. The molecule has 198 valence electrons. The predicted molar refractivity (Wildman–Crippen MR) is 145 cm³/mol. The summed E-state index contributed by atoms with van der Waals surface area (Å²) in [4.78, 5) is 33.6. The number of carbonyl (C=O) groups is 2. The molecule has 1 atom stereocenters. The summed E-state index contributed by atoms with van der Waals surface area (Å²) in [5.74, 6) is 0.110. The molecule has 0 saturated heterocycles. The van der Waals surface area contributed by atoms with Crippen LogP contribution < -0.4 is 14.2 Å². The Morgan fingerprint density at radius 2 is 1.87 bits per heavy atom. The third-order valence-corrected chi connectivity index (χ3v) is 6.80. The lowest BCUT2D eigenvalue weighted by Gasteiger charge is -2.24. The topological polar surface area (TPSA) is 108 Å². The third-order valence-electron chi connectivity index (χ3n) is 6.50. The van der Waals surface area contributed by atoms with Gasteiger partial charge in [-0.25, -0.2) is 4.98 Å². The molecular formula is C30H25ClN2O6. The number of fused-ring (bicyclic) bond motifs is 1. The number of methoxy groups -OCH3 is 1. The fourth-order valence-electron chi connectivity index (χ4n) is 4.48. The number of hydrogen-bond acceptors (Lipinski definition) is 7. The van der Waals surface area contributed by atoms with Crippen molar-refractivity contribution in [3.05, 3.63) is 94.3 Å². The minimum Gasteiger partial charge on any atom is -0.493 e. The Kier molecular flexibility index (Phi) is 7.47. The zero-order valence-electron chi connectivity index (χ0n) is 21.3. The van der Waals surface area contributed by atoms with Crippen LogP contribution in [0.15, 0.2) is 66.7 Å². The minimum atomic E-state index is -0.917. The number of carboxylic acid groups (broad SMARTS) is 1. The van der Waals surface area contributed by atoms with Gasteiger partial charge in [-0.2, -0.15) is 0 Å². The van der Waals surface area contributed by atoms with Gasteiger partial charge >= 0.3 is 5.97 Å². The predicted octanol–water partition coefficient (Wildman–Crippen LogP) is 6.28. The van der Waals surface area contributed by atoms with E-state index >= 15 is 0 Å². The molecule has 0 fully saturated rings. The Balaban J connectivity index is 1.28. The lowest BCUT2D eigenvalue weighted by molar-refractivity contribution is -0.139. The zero-order valence-corrected chi connectivity index (χ0v) is 22.1. The van der Waals surface area contributed by atoms with E-state index in [1.54, 1.807) is 49.6 Å². The summed E-state index contributed by atoms with van der Waals surface area (Å²) in [6.45, 7) is 2.19. The molecule has 4 aromatic rings. The summed E-state index contributed by atoms with van der Waals surface area (Å²) < 4.78 is 16.7. The summed E-state index contributed by atoms with van der Waals surface area (Å²) in [6, 6.07) is 19.2. The highest BCUT2D eigenvalue weighted by atomic mass is 35.5.